The molecule has 0 aliphatic carbocycles. The third-order valence-electron chi connectivity index (χ3n) is 2.61. The highest BCUT2D eigenvalue weighted by Gasteiger charge is 2.24. The van der Waals surface area contributed by atoms with E-state index in [1.165, 1.54) is 6.33 Å². The molecule has 2 heterocycles. The van der Waals surface area contributed by atoms with Crippen molar-refractivity contribution in [1.29, 1.82) is 0 Å². The number of nitrogens with zero attached hydrogens (tertiary/aromatic N) is 4. The van der Waals surface area contributed by atoms with Crippen LogP contribution in [0, 0.1) is 6.92 Å². The number of hydrogen-bond acceptors (Lipinski definition) is 6. The summed E-state index contributed by atoms with van der Waals surface area (Å²) in [7, 11) is -2.05. The Morgan fingerprint density at radius 1 is 1.53 bits per heavy atom. The summed E-state index contributed by atoms with van der Waals surface area (Å²) < 4.78 is 28.3. The van der Waals surface area contributed by atoms with Crippen molar-refractivity contribution < 1.29 is 13.5 Å². The molecule has 2 rings (SSSR count). The van der Waals surface area contributed by atoms with Crippen LogP contribution in [0.15, 0.2) is 11.2 Å². The number of aliphatic hydroxyl groups is 1. The van der Waals surface area contributed by atoms with Gasteiger partial charge in [-0.1, -0.05) is 0 Å². The Bertz CT molecular complexity index is 674. The van der Waals surface area contributed by atoms with E-state index >= 15 is 0 Å². The molecule has 0 amide bonds. The Morgan fingerprint density at radius 2 is 2.26 bits per heavy atom. The summed E-state index contributed by atoms with van der Waals surface area (Å²) >= 11 is 0. The number of aliphatic hydroxyl groups excluding tert-OH is 1. The first-order valence-electron chi connectivity index (χ1n) is 5.43. The van der Waals surface area contributed by atoms with Gasteiger partial charge in [0.15, 0.2) is 0 Å². The van der Waals surface area contributed by atoms with Gasteiger partial charge >= 0.3 is 0 Å². The van der Waals surface area contributed by atoms with Crippen LogP contribution in [0.4, 0.5) is 0 Å². The second-order valence-electron chi connectivity index (χ2n) is 3.97. The van der Waals surface area contributed by atoms with Crippen molar-refractivity contribution in [2.45, 2.75) is 25.0 Å². The second kappa shape index (κ2) is 5.07. The normalized spacial score (nSPS) is 11.9. The predicted octanol–water partition coefficient (Wildman–Crippen LogP) is -1.18. The van der Waals surface area contributed by atoms with E-state index in [4.69, 9.17) is 5.11 Å². The van der Waals surface area contributed by atoms with Crippen LogP contribution in [-0.4, -0.2) is 38.5 Å². The van der Waals surface area contributed by atoms with E-state index in [1.54, 1.807) is 18.5 Å². The molecule has 0 saturated heterocycles. The highest BCUT2D eigenvalue weighted by atomic mass is 32.2. The second-order valence-corrected chi connectivity index (χ2v) is 5.67. The van der Waals surface area contributed by atoms with Gasteiger partial charge in [0.2, 0.25) is 10.0 Å². The lowest BCUT2D eigenvalue weighted by molar-refractivity contribution is 0.273. The maximum Gasteiger partial charge on any atom is 0.244 e. The van der Waals surface area contributed by atoms with Crippen LogP contribution in [0.5, 0.6) is 0 Å². The highest BCUT2D eigenvalue weighted by molar-refractivity contribution is 7.89. The smallest absolute Gasteiger partial charge is 0.244 e. The molecule has 0 radical (unpaired) electrons. The van der Waals surface area contributed by atoms with Crippen LogP contribution in [0.25, 0.3) is 0 Å². The fourth-order valence-corrected chi connectivity index (χ4v) is 2.96. The number of H-pyrrole nitrogens is 1. The van der Waals surface area contributed by atoms with Crippen LogP contribution < -0.4 is 4.72 Å². The molecule has 2 aromatic rings. The fourth-order valence-electron chi connectivity index (χ4n) is 1.63. The van der Waals surface area contributed by atoms with Gasteiger partial charge in [-0.15, -0.1) is 10.2 Å². The quantitative estimate of drug-likeness (QED) is 0.635. The molecule has 0 atom stereocenters. The first-order valence-corrected chi connectivity index (χ1v) is 6.91. The number of aryl methyl sites for hydroxylation is 2. The van der Waals surface area contributed by atoms with Gasteiger partial charge in [0.1, 0.15) is 22.7 Å². The monoisotopic (exact) mass is 286 g/mol. The van der Waals surface area contributed by atoms with Crippen LogP contribution in [0.2, 0.25) is 0 Å². The number of sulfonamides is 1. The predicted molar refractivity (Wildman–Crippen MR) is 64.3 cm³/mol. The fraction of sp³-hybridized carbons (Fsp3) is 0.444. The zero-order valence-corrected chi connectivity index (χ0v) is 11.3. The zero-order chi connectivity index (χ0) is 14.0. The van der Waals surface area contributed by atoms with Gasteiger partial charge in [-0.05, 0) is 6.92 Å². The van der Waals surface area contributed by atoms with Crippen molar-refractivity contribution in [2.24, 2.45) is 7.05 Å². The number of nitrogens with one attached hydrogen (secondary N) is 2. The van der Waals surface area contributed by atoms with E-state index in [0.717, 1.165) is 0 Å². The summed E-state index contributed by atoms with van der Waals surface area (Å²) in [6, 6.07) is 0. The van der Waals surface area contributed by atoms with E-state index in [0.29, 0.717) is 11.5 Å². The molecular formula is C9H14N6O3S. The van der Waals surface area contributed by atoms with E-state index in [1.807, 2.05) is 0 Å². The number of aromatic amines is 1. The molecule has 10 heteroatoms. The standard InChI is InChI=1S/C9H14N6O3S/c1-6-9(7(4-16)13-12-6)19(17,18)11-3-8-14-10-5-15(8)2/h5,11,16H,3-4H2,1-2H3,(H,12,13). The lowest BCUT2D eigenvalue weighted by Crippen LogP contribution is -2.26. The summed E-state index contributed by atoms with van der Waals surface area (Å²) in [5.41, 5.74) is 0.456. The zero-order valence-electron chi connectivity index (χ0n) is 10.5. The minimum absolute atomic E-state index is 0.00826. The van der Waals surface area contributed by atoms with Crippen molar-refractivity contribution in [2.75, 3.05) is 0 Å². The lowest BCUT2D eigenvalue weighted by Gasteiger charge is -2.06. The van der Waals surface area contributed by atoms with Crippen molar-refractivity contribution in [3.63, 3.8) is 0 Å². The molecular weight excluding hydrogens is 272 g/mol. The molecule has 9 nitrogen and oxygen atoms in total. The summed E-state index contributed by atoms with van der Waals surface area (Å²) in [5.74, 6) is 0.482. The number of rotatable bonds is 5. The molecule has 3 N–H and O–H groups in total. The van der Waals surface area contributed by atoms with Crippen molar-refractivity contribution in [1.82, 2.24) is 29.7 Å². The van der Waals surface area contributed by atoms with E-state index < -0.39 is 16.6 Å². The third-order valence-corrected chi connectivity index (χ3v) is 4.21. The summed E-state index contributed by atoms with van der Waals surface area (Å²) in [4.78, 5) is -0.0304. The van der Waals surface area contributed by atoms with Crippen molar-refractivity contribution >= 4 is 10.0 Å². The summed E-state index contributed by atoms with van der Waals surface area (Å²) in [5, 5.41) is 22.8. The Hall–Kier alpha value is -1.78. The first kappa shape index (κ1) is 13.6. The molecule has 104 valence electrons. The molecule has 2 aromatic heterocycles. The first-order chi connectivity index (χ1) is 8.95. The SMILES string of the molecule is Cc1[nH]nc(CO)c1S(=O)(=O)NCc1nncn1C. The van der Waals surface area contributed by atoms with Gasteiger partial charge in [-0.3, -0.25) is 5.10 Å². The Kier molecular flexibility index (Phi) is 3.64. The minimum atomic E-state index is -3.77. The highest BCUT2D eigenvalue weighted by Crippen LogP contribution is 2.17. The molecule has 0 aliphatic heterocycles. The van der Waals surface area contributed by atoms with E-state index in [9.17, 15) is 8.42 Å². The van der Waals surface area contributed by atoms with Crippen molar-refractivity contribution in [3.8, 4) is 0 Å². The van der Waals surface area contributed by atoms with Crippen LogP contribution in [0.3, 0.4) is 0 Å². The average molecular weight is 286 g/mol. The maximum atomic E-state index is 12.2. The largest absolute Gasteiger partial charge is 0.390 e. The molecule has 0 saturated carbocycles. The Labute approximate surface area is 109 Å². The molecule has 0 unspecified atom stereocenters. The molecule has 0 bridgehead atoms. The van der Waals surface area contributed by atoms with Crippen LogP contribution in [0.1, 0.15) is 17.2 Å². The van der Waals surface area contributed by atoms with Gasteiger partial charge in [-0.25, -0.2) is 13.1 Å². The van der Waals surface area contributed by atoms with Crippen LogP contribution >= 0.6 is 0 Å². The third kappa shape index (κ3) is 2.64. The molecule has 0 fully saturated rings. The van der Waals surface area contributed by atoms with Gasteiger partial charge in [0.25, 0.3) is 0 Å². The summed E-state index contributed by atoms with van der Waals surface area (Å²) in [6.45, 7) is 1.13. The topological polar surface area (TPSA) is 126 Å². The van der Waals surface area contributed by atoms with Gasteiger partial charge in [0, 0.05) is 7.05 Å². The van der Waals surface area contributed by atoms with Crippen LogP contribution in [-0.2, 0) is 30.2 Å². The maximum absolute atomic E-state index is 12.2. The van der Waals surface area contributed by atoms with E-state index in [-0.39, 0.29) is 17.1 Å². The van der Waals surface area contributed by atoms with Gasteiger partial charge in [-0.2, -0.15) is 5.10 Å². The Balaban J connectivity index is 2.23. The average Bonchev–Trinajstić information content (AvgIpc) is 2.93. The van der Waals surface area contributed by atoms with Gasteiger partial charge < -0.3 is 9.67 Å². The minimum Gasteiger partial charge on any atom is -0.390 e. The number of aromatic nitrogens is 5. The summed E-state index contributed by atoms with van der Waals surface area (Å²) in [6.07, 6.45) is 1.48. The van der Waals surface area contributed by atoms with E-state index in [2.05, 4.69) is 25.1 Å². The Morgan fingerprint density at radius 3 is 2.84 bits per heavy atom. The van der Waals surface area contributed by atoms with Crippen molar-refractivity contribution in [3.05, 3.63) is 23.5 Å². The van der Waals surface area contributed by atoms with Gasteiger partial charge in [0.05, 0.1) is 18.8 Å². The molecule has 0 aliphatic rings. The number of hydrogen-bond donors (Lipinski definition) is 3. The lowest BCUT2D eigenvalue weighted by atomic mass is 10.4. The molecule has 19 heavy (non-hydrogen) atoms. The molecule has 0 aromatic carbocycles. The molecule has 0 spiro atoms.